The normalized spacial score (nSPS) is 15.9. The van der Waals surface area contributed by atoms with Gasteiger partial charge in [-0.1, -0.05) is 83.6 Å². The Morgan fingerprint density at radius 3 is 2.37 bits per heavy atom. The average Bonchev–Trinajstić information content (AvgIpc) is 3.50. The third-order valence-electron chi connectivity index (χ3n) is 5.71. The standard InChI is InChI=1S/C27H21ClN4O2S/c28-21-11-13-22(14-12-21)32-17-20(16-24(32)33)26-30-31-27(35-26)29-25(34)23(19-9-5-2-6-10-19)15-18-7-3-1-4-8-18/h1-15,20H,16-17H2,(H,29,31,34)/b23-15+. The Kier molecular flexibility index (Phi) is 6.70. The highest BCUT2D eigenvalue weighted by Gasteiger charge is 2.34. The van der Waals surface area contributed by atoms with Crippen molar-refractivity contribution in [2.45, 2.75) is 12.3 Å². The van der Waals surface area contributed by atoms with Crippen molar-refractivity contribution in [1.82, 2.24) is 10.2 Å². The molecule has 0 aliphatic carbocycles. The fourth-order valence-corrected chi connectivity index (χ4v) is 4.93. The first kappa shape index (κ1) is 23.0. The van der Waals surface area contributed by atoms with Crippen molar-refractivity contribution < 1.29 is 9.59 Å². The number of halogens is 1. The van der Waals surface area contributed by atoms with Crippen molar-refractivity contribution in [3.63, 3.8) is 0 Å². The number of carbonyl (C=O) groups excluding carboxylic acids is 2. The van der Waals surface area contributed by atoms with Gasteiger partial charge in [0.15, 0.2) is 0 Å². The molecule has 1 N–H and O–H groups in total. The Morgan fingerprint density at radius 2 is 1.66 bits per heavy atom. The van der Waals surface area contributed by atoms with E-state index >= 15 is 0 Å². The molecule has 1 aliphatic heterocycles. The number of amides is 2. The SMILES string of the molecule is O=C(Nc1nnc(C2CC(=O)N(c3ccc(Cl)cc3)C2)s1)/C(=C/c1ccccc1)c1ccccc1. The molecule has 1 aromatic heterocycles. The molecule has 0 bridgehead atoms. The van der Waals surface area contributed by atoms with Crippen LogP contribution in [0.5, 0.6) is 0 Å². The number of anilines is 2. The van der Waals surface area contributed by atoms with Gasteiger partial charge < -0.3 is 4.90 Å². The van der Waals surface area contributed by atoms with Crippen molar-refractivity contribution in [2.75, 3.05) is 16.8 Å². The maximum absolute atomic E-state index is 13.3. The molecular formula is C27H21ClN4O2S. The molecule has 0 radical (unpaired) electrons. The molecule has 4 aromatic rings. The van der Waals surface area contributed by atoms with Gasteiger partial charge in [-0.25, -0.2) is 0 Å². The highest BCUT2D eigenvalue weighted by molar-refractivity contribution is 7.15. The predicted octanol–water partition coefficient (Wildman–Crippen LogP) is 5.89. The van der Waals surface area contributed by atoms with Gasteiger partial charge in [0.05, 0.1) is 0 Å². The first-order chi connectivity index (χ1) is 17.1. The number of carbonyl (C=O) groups is 2. The number of nitrogens with one attached hydrogen (secondary N) is 1. The molecule has 8 heteroatoms. The number of nitrogens with zero attached hydrogens (tertiary/aromatic N) is 3. The molecule has 6 nitrogen and oxygen atoms in total. The van der Waals surface area contributed by atoms with Crippen LogP contribution in [0.25, 0.3) is 11.6 Å². The molecule has 5 rings (SSSR count). The van der Waals surface area contributed by atoms with E-state index in [0.717, 1.165) is 21.8 Å². The van der Waals surface area contributed by atoms with Gasteiger partial charge in [0.1, 0.15) is 5.01 Å². The summed E-state index contributed by atoms with van der Waals surface area (Å²) in [5.41, 5.74) is 3.06. The van der Waals surface area contributed by atoms with Crippen LogP contribution in [0.2, 0.25) is 5.02 Å². The van der Waals surface area contributed by atoms with Crippen molar-refractivity contribution in [2.24, 2.45) is 0 Å². The van der Waals surface area contributed by atoms with Gasteiger partial charge >= 0.3 is 0 Å². The number of rotatable bonds is 6. The lowest BCUT2D eigenvalue weighted by Crippen LogP contribution is -2.24. The van der Waals surface area contributed by atoms with Crippen LogP contribution in [0.4, 0.5) is 10.8 Å². The minimum atomic E-state index is -0.270. The molecule has 1 unspecified atom stereocenters. The summed E-state index contributed by atoms with van der Waals surface area (Å²) in [5.74, 6) is -0.335. The van der Waals surface area contributed by atoms with E-state index in [1.165, 1.54) is 11.3 Å². The molecule has 1 saturated heterocycles. The molecule has 1 aliphatic rings. The summed E-state index contributed by atoms with van der Waals surface area (Å²) in [6.45, 7) is 0.506. The van der Waals surface area contributed by atoms with E-state index in [2.05, 4.69) is 15.5 Å². The molecule has 1 atom stereocenters. The fourth-order valence-electron chi connectivity index (χ4n) is 3.97. The van der Waals surface area contributed by atoms with Crippen molar-refractivity contribution >= 4 is 57.2 Å². The minimum Gasteiger partial charge on any atom is -0.312 e. The Bertz CT molecular complexity index is 1370. The van der Waals surface area contributed by atoms with Gasteiger partial charge in [-0.3, -0.25) is 14.9 Å². The van der Waals surface area contributed by atoms with E-state index in [4.69, 9.17) is 11.6 Å². The zero-order chi connectivity index (χ0) is 24.2. The van der Waals surface area contributed by atoms with Crippen LogP contribution in [0.3, 0.4) is 0 Å². The van der Waals surface area contributed by atoms with Crippen LogP contribution in [-0.2, 0) is 9.59 Å². The highest BCUT2D eigenvalue weighted by Crippen LogP contribution is 2.35. The molecule has 2 amide bonds. The third kappa shape index (κ3) is 5.31. The average molecular weight is 501 g/mol. The molecule has 3 aromatic carbocycles. The molecule has 0 saturated carbocycles. The number of hydrogen-bond acceptors (Lipinski definition) is 5. The summed E-state index contributed by atoms with van der Waals surface area (Å²) in [5, 5.41) is 13.1. The van der Waals surface area contributed by atoms with E-state index < -0.39 is 0 Å². The quantitative estimate of drug-likeness (QED) is 0.264. The maximum atomic E-state index is 13.3. The Morgan fingerprint density at radius 1 is 0.971 bits per heavy atom. The highest BCUT2D eigenvalue weighted by atomic mass is 35.5. The number of hydrogen-bond donors (Lipinski definition) is 1. The third-order valence-corrected chi connectivity index (χ3v) is 6.97. The van der Waals surface area contributed by atoms with E-state index in [1.54, 1.807) is 17.0 Å². The summed E-state index contributed by atoms with van der Waals surface area (Å²) in [6, 6.07) is 26.4. The van der Waals surface area contributed by atoms with Gasteiger partial charge in [0, 0.05) is 35.2 Å². The van der Waals surface area contributed by atoms with Gasteiger partial charge in [-0.05, 0) is 41.5 Å². The molecular weight excluding hydrogens is 480 g/mol. The maximum Gasteiger partial charge on any atom is 0.258 e. The summed E-state index contributed by atoms with van der Waals surface area (Å²) >= 11 is 7.27. The zero-order valence-electron chi connectivity index (χ0n) is 18.6. The second-order valence-corrected chi connectivity index (χ2v) is 9.56. The fraction of sp³-hybridized carbons (Fsp3) is 0.111. The minimum absolute atomic E-state index is 0.0234. The van der Waals surface area contributed by atoms with Crippen molar-refractivity contribution in [1.29, 1.82) is 0 Å². The van der Waals surface area contributed by atoms with E-state index in [1.807, 2.05) is 78.9 Å². The summed E-state index contributed by atoms with van der Waals surface area (Å²) in [7, 11) is 0. The Balaban J connectivity index is 1.33. The lowest BCUT2D eigenvalue weighted by atomic mass is 10.0. The molecule has 174 valence electrons. The predicted molar refractivity (Wildman–Crippen MR) is 140 cm³/mol. The monoisotopic (exact) mass is 500 g/mol. The Labute approximate surface area is 211 Å². The van der Waals surface area contributed by atoms with Crippen LogP contribution in [0.1, 0.15) is 28.5 Å². The van der Waals surface area contributed by atoms with E-state index in [9.17, 15) is 9.59 Å². The molecule has 35 heavy (non-hydrogen) atoms. The van der Waals surface area contributed by atoms with Crippen LogP contribution in [0, 0.1) is 0 Å². The lowest BCUT2D eigenvalue weighted by Gasteiger charge is -2.16. The second-order valence-electron chi connectivity index (χ2n) is 8.12. The topological polar surface area (TPSA) is 75.2 Å². The van der Waals surface area contributed by atoms with Crippen LogP contribution < -0.4 is 10.2 Å². The van der Waals surface area contributed by atoms with Crippen LogP contribution in [-0.4, -0.2) is 28.6 Å². The van der Waals surface area contributed by atoms with E-state index in [-0.39, 0.29) is 17.7 Å². The first-order valence-corrected chi connectivity index (χ1v) is 12.3. The first-order valence-electron chi connectivity index (χ1n) is 11.1. The summed E-state index contributed by atoms with van der Waals surface area (Å²) in [4.78, 5) is 27.6. The lowest BCUT2D eigenvalue weighted by molar-refractivity contribution is -0.117. The van der Waals surface area contributed by atoms with Crippen molar-refractivity contribution in [3.8, 4) is 0 Å². The molecule has 1 fully saturated rings. The summed E-state index contributed by atoms with van der Waals surface area (Å²) in [6.07, 6.45) is 2.20. The smallest absolute Gasteiger partial charge is 0.258 e. The van der Waals surface area contributed by atoms with Gasteiger partial charge in [-0.15, -0.1) is 10.2 Å². The zero-order valence-corrected chi connectivity index (χ0v) is 20.2. The largest absolute Gasteiger partial charge is 0.312 e. The number of aromatic nitrogens is 2. The number of benzene rings is 3. The van der Waals surface area contributed by atoms with Crippen LogP contribution >= 0.6 is 22.9 Å². The second kappa shape index (κ2) is 10.2. The van der Waals surface area contributed by atoms with Gasteiger partial charge in [0.25, 0.3) is 5.91 Å². The van der Waals surface area contributed by atoms with Gasteiger partial charge in [-0.2, -0.15) is 0 Å². The Hall–Kier alpha value is -3.81. The van der Waals surface area contributed by atoms with Crippen LogP contribution in [0.15, 0.2) is 84.9 Å². The van der Waals surface area contributed by atoms with E-state index in [0.29, 0.717) is 28.7 Å². The van der Waals surface area contributed by atoms with Gasteiger partial charge in [0.2, 0.25) is 11.0 Å². The molecule has 0 spiro atoms. The summed E-state index contributed by atoms with van der Waals surface area (Å²) < 4.78 is 0. The van der Waals surface area contributed by atoms with Crippen molar-refractivity contribution in [3.05, 3.63) is 106 Å². The molecule has 2 heterocycles.